The molecule has 1 heterocycles. The van der Waals surface area contributed by atoms with Crippen molar-refractivity contribution in [2.75, 3.05) is 0 Å². The molecule has 0 N–H and O–H groups in total. The van der Waals surface area contributed by atoms with Crippen LogP contribution in [0.5, 0.6) is 0 Å². The summed E-state index contributed by atoms with van der Waals surface area (Å²) in [5, 5.41) is 10.8. The first-order chi connectivity index (χ1) is 11.0. The highest BCUT2D eigenvalue weighted by Gasteiger charge is 2.24. The van der Waals surface area contributed by atoms with Crippen LogP contribution in [0.15, 0.2) is 63.7 Å². The lowest BCUT2D eigenvalue weighted by Gasteiger charge is -1.99. The Hall–Kier alpha value is -2.80. The van der Waals surface area contributed by atoms with E-state index in [0.717, 1.165) is 4.47 Å². The number of nitro benzene ring substituents is 1. The maximum atomic E-state index is 11.9. The van der Waals surface area contributed by atoms with Gasteiger partial charge in [0.05, 0.1) is 4.92 Å². The summed E-state index contributed by atoms with van der Waals surface area (Å²) in [4.78, 5) is 26.4. The summed E-state index contributed by atoms with van der Waals surface area (Å²) < 4.78 is 5.99. The third-order valence-electron chi connectivity index (χ3n) is 3.08. The molecule has 0 saturated carbocycles. The van der Waals surface area contributed by atoms with Gasteiger partial charge in [0.25, 0.3) is 5.69 Å². The standard InChI is InChI=1S/C16H9BrN2O4/c17-12-5-2-4-11(9-12)15-18-14(16(20)23-15)8-10-3-1-6-13(7-10)19(21)22/h1-9H. The molecule has 0 aliphatic carbocycles. The Balaban J connectivity index is 1.95. The third-order valence-corrected chi connectivity index (χ3v) is 3.57. The van der Waals surface area contributed by atoms with Gasteiger partial charge in [-0.2, -0.15) is 0 Å². The molecule has 0 amide bonds. The van der Waals surface area contributed by atoms with E-state index in [1.165, 1.54) is 18.2 Å². The minimum absolute atomic E-state index is 0.0538. The van der Waals surface area contributed by atoms with E-state index in [1.54, 1.807) is 30.3 Å². The average molecular weight is 373 g/mol. The van der Waals surface area contributed by atoms with Gasteiger partial charge in [0.1, 0.15) is 0 Å². The molecule has 23 heavy (non-hydrogen) atoms. The second-order valence-corrected chi connectivity index (χ2v) is 5.61. The molecule has 1 aliphatic heterocycles. The van der Waals surface area contributed by atoms with E-state index in [-0.39, 0.29) is 17.3 Å². The van der Waals surface area contributed by atoms with Gasteiger partial charge in [-0.15, -0.1) is 0 Å². The number of aliphatic imine (C=N–C) groups is 1. The van der Waals surface area contributed by atoms with Gasteiger partial charge in [-0.05, 0) is 29.8 Å². The van der Waals surface area contributed by atoms with Gasteiger partial charge in [-0.3, -0.25) is 10.1 Å². The number of benzene rings is 2. The van der Waals surface area contributed by atoms with Crippen molar-refractivity contribution in [3.8, 4) is 0 Å². The summed E-state index contributed by atoms with van der Waals surface area (Å²) in [6.07, 6.45) is 1.46. The Labute approximate surface area is 139 Å². The molecule has 2 aromatic rings. The lowest BCUT2D eigenvalue weighted by Crippen LogP contribution is -2.05. The molecule has 6 nitrogen and oxygen atoms in total. The Morgan fingerprint density at radius 3 is 2.70 bits per heavy atom. The first kappa shape index (κ1) is 15.1. The lowest BCUT2D eigenvalue weighted by atomic mass is 10.1. The molecule has 0 radical (unpaired) electrons. The number of carbonyl (C=O) groups excluding carboxylic acids is 1. The quantitative estimate of drug-likeness (QED) is 0.356. The van der Waals surface area contributed by atoms with Gasteiger partial charge >= 0.3 is 5.97 Å². The number of esters is 1. The first-order valence-corrected chi connectivity index (χ1v) is 7.35. The molecule has 0 unspecified atom stereocenters. The van der Waals surface area contributed by atoms with E-state index in [0.29, 0.717) is 11.1 Å². The van der Waals surface area contributed by atoms with E-state index in [1.807, 2.05) is 6.07 Å². The number of halogens is 1. The van der Waals surface area contributed by atoms with E-state index in [2.05, 4.69) is 20.9 Å². The molecule has 114 valence electrons. The van der Waals surface area contributed by atoms with Crippen molar-refractivity contribution in [2.24, 2.45) is 4.99 Å². The number of hydrogen-bond donors (Lipinski definition) is 0. The number of nitrogens with zero attached hydrogens (tertiary/aromatic N) is 2. The number of nitro groups is 1. The highest BCUT2D eigenvalue weighted by Crippen LogP contribution is 2.22. The first-order valence-electron chi connectivity index (χ1n) is 6.56. The summed E-state index contributed by atoms with van der Waals surface area (Å²) in [5.41, 5.74) is 1.21. The van der Waals surface area contributed by atoms with E-state index in [4.69, 9.17) is 4.74 Å². The van der Waals surface area contributed by atoms with E-state index in [9.17, 15) is 14.9 Å². The fourth-order valence-electron chi connectivity index (χ4n) is 2.04. The monoisotopic (exact) mass is 372 g/mol. The molecule has 0 fully saturated rings. The molecule has 0 bridgehead atoms. The molecule has 2 aromatic carbocycles. The Morgan fingerprint density at radius 1 is 1.17 bits per heavy atom. The highest BCUT2D eigenvalue weighted by molar-refractivity contribution is 9.10. The predicted octanol–water partition coefficient (Wildman–Crippen LogP) is 3.70. The SMILES string of the molecule is O=C1OC(c2cccc(Br)c2)=NC1=Cc1cccc([N+](=O)[O-])c1. The number of rotatable bonds is 3. The normalized spacial score (nSPS) is 15.4. The molecular formula is C16H9BrN2O4. The van der Waals surface area contributed by atoms with Crippen LogP contribution in [0.4, 0.5) is 5.69 Å². The van der Waals surface area contributed by atoms with Crippen molar-refractivity contribution in [2.45, 2.75) is 0 Å². The minimum Gasteiger partial charge on any atom is -0.402 e. The molecule has 1 aliphatic rings. The predicted molar refractivity (Wildman–Crippen MR) is 87.8 cm³/mol. The number of non-ortho nitro benzene ring substituents is 1. The molecule has 0 saturated heterocycles. The molecule has 0 atom stereocenters. The molecular weight excluding hydrogens is 364 g/mol. The fourth-order valence-corrected chi connectivity index (χ4v) is 2.44. The van der Waals surface area contributed by atoms with Crippen LogP contribution >= 0.6 is 15.9 Å². The summed E-state index contributed by atoms with van der Waals surface area (Å²) in [5.74, 6) is -0.389. The number of carbonyl (C=O) groups is 1. The van der Waals surface area contributed by atoms with Gasteiger partial charge in [-0.25, -0.2) is 9.79 Å². The topological polar surface area (TPSA) is 81.8 Å². The largest absolute Gasteiger partial charge is 0.402 e. The van der Waals surface area contributed by atoms with Gasteiger partial charge in [-0.1, -0.05) is 34.1 Å². The van der Waals surface area contributed by atoms with Crippen molar-refractivity contribution in [1.82, 2.24) is 0 Å². The Kier molecular flexibility index (Phi) is 4.03. The van der Waals surface area contributed by atoms with Crippen LogP contribution in [0, 0.1) is 10.1 Å². The molecule has 7 heteroatoms. The number of cyclic esters (lactones) is 1. The summed E-state index contributed by atoms with van der Waals surface area (Å²) in [6, 6.07) is 13.1. The fraction of sp³-hybridized carbons (Fsp3) is 0. The number of hydrogen-bond acceptors (Lipinski definition) is 5. The van der Waals surface area contributed by atoms with Crippen molar-refractivity contribution in [3.63, 3.8) is 0 Å². The van der Waals surface area contributed by atoms with Gasteiger partial charge < -0.3 is 4.74 Å². The van der Waals surface area contributed by atoms with Crippen LogP contribution in [-0.2, 0) is 9.53 Å². The minimum atomic E-state index is -0.591. The van der Waals surface area contributed by atoms with Crippen molar-refractivity contribution < 1.29 is 14.5 Å². The molecule has 0 aromatic heterocycles. The van der Waals surface area contributed by atoms with Crippen LogP contribution < -0.4 is 0 Å². The lowest BCUT2D eigenvalue weighted by molar-refractivity contribution is -0.384. The average Bonchev–Trinajstić information content (AvgIpc) is 2.89. The Bertz CT molecular complexity index is 874. The zero-order valence-corrected chi connectivity index (χ0v) is 13.2. The van der Waals surface area contributed by atoms with Gasteiger partial charge in [0, 0.05) is 22.2 Å². The highest BCUT2D eigenvalue weighted by atomic mass is 79.9. The second kappa shape index (κ2) is 6.13. The summed E-state index contributed by atoms with van der Waals surface area (Å²) >= 11 is 3.34. The zero-order chi connectivity index (χ0) is 16.4. The van der Waals surface area contributed by atoms with Crippen molar-refractivity contribution >= 4 is 39.6 Å². The third kappa shape index (κ3) is 3.35. The molecule has 0 spiro atoms. The van der Waals surface area contributed by atoms with E-state index >= 15 is 0 Å². The van der Waals surface area contributed by atoms with Crippen LogP contribution in [0.2, 0.25) is 0 Å². The maximum Gasteiger partial charge on any atom is 0.363 e. The van der Waals surface area contributed by atoms with E-state index < -0.39 is 10.9 Å². The van der Waals surface area contributed by atoms with Gasteiger partial charge in [0.15, 0.2) is 5.70 Å². The van der Waals surface area contributed by atoms with Crippen LogP contribution in [0.3, 0.4) is 0 Å². The molecule has 3 rings (SSSR count). The maximum absolute atomic E-state index is 11.9. The van der Waals surface area contributed by atoms with Crippen molar-refractivity contribution in [1.29, 1.82) is 0 Å². The van der Waals surface area contributed by atoms with Crippen LogP contribution in [0.25, 0.3) is 6.08 Å². The summed E-state index contributed by atoms with van der Waals surface area (Å²) in [7, 11) is 0. The Morgan fingerprint density at radius 2 is 1.96 bits per heavy atom. The number of ether oxygens (including phenoxy) is 1. The smallest absolute Gasteiger partial charge is 0.363 e. The summed E-state index contributed by atoms with van der Waals surface area (Å²) in [6.45, 7) is 0. The zero-order valence-electron chi connectivity index (χ0n) is 11.6. The van der Waals surface area contributed by atoms with Gasteiger partial charge in [0.2, 0.25) is 5.90 Å². The second-order valence-electron chi connectivity index (χ2n) is 4.70. The van der Waals surface area contributed by atoms with Crippen molar-refractivity contribution in [3.05, 3.63) is 79.9 Å². The van der Waals surface area contributed by atoms with Crippen LogP contribution in [-0.4, -0.2) is 16.8 Å². The van der Waals surface area contributed by atoms with Crippen LogP contribution in [0.1, 0.15) is 11.1 Å².